The standard InChI is InChI=1S/C15H25N3O2/c1-5-11-12(6-2)17-18-14(13(11)15(19)20)16-9-7-8-10(3)4/h10H,5-9H2,1-4H3,(H,16,18)(H,19,20). The predicted octanol–water partition coefficient (Wildman–Crippen LogP) is 3.15. The van der Waals surface area contributed by atoms with Crippen LogP contribution in [-0.2, 0) is 12.8 Å². The molecule has 0 amide bonds. The van der Waals surface area contributed by atoms with E-state index in [-0.39, 0.29) is 5.56 Å². The fourth-order valence-corrected chi connectivity index (χ4v) is 2.24. The lowest BCUT2D eigenvalue weighted by atomic mass is 10.0. The number of carbonyl (C=O) groups is 1. The predicted molar refractivity (Wildman–Crippen MR) is 80.3 cm³/mol. The third-order valence-corrected chi connectivity index (χ3v) is 3.31. The first-order valence-corrected chi connectivity index (χ1v) is 7.36. The van der Waals surface area contributed by atoms with Gasteiger partial charge in [-0.15, -0.1) is 5.10 Å². The van der Waals surface area contributed by atoms with Crippen LogP contribution in [0.3, 0.4) is 0 Å². The molecule has 2 N–H and O–H groups in total. The summed E-state index contributed by atoms with van der Waals surface area (Å²) in [5.41, 5.74) is 1.85. The first-order valence-electron chi connectivity index (χ1n) is 7.36. The molecule has 0 atom stereocenters. The number of aromatic nitrogens is 2. The minimum Gasteiger partial charge on any atom is -0.478 e. The van der Waals surface area contributed by atoms with Crippen LogP contribution in [0.25, 0.3) is 0 Å². The van der Waals surface area contributed by atoms with Gasteiger partial charge >= 0.3 is 5.97 Å². The molecule has 5 heteroatoms. The largest absolute Gasteiger partial charge is 0.478 e. The van der Waals surface area contributed by atoms with Crippen molar-refractivity contribution in [3.63, 3.8) is 0 Å². The van der Waals surface area contributed by atoms with Gasteiger partial charge in [0.25, 0.3) is 0 Å². The van der Waals surface area contributed by atoms with Crippen molar-refractivity contribution < 1.29 is 9.90 Å². The number of nitrogens with zero attached hydrogens (tertiary/aromatic N) is 2. The fourth-order valence-electron chi connectivity index (χ4n) is 2.24. The van der Waals surface area contributed by atoms with Gasteiger partial charge in [0.2, 0.25) is 0 Å². The maximum atomic E-state index is 11.5. The normalized spacial score (nSPS) is 10.8. The monoisotopic (exact) mass is 279 g/mol. The van der Waals surface area contributed by atoms with Crippen molar-refractivity contribution in [1.82, 2.24) is 10.2 Å². The summed E-state index contributed by atoms with van der Waals surface area (Å²) in [7, 11) is 0. The first-order chi connectivity index (χ1) is 9.51. The number of hydrogen-bond donors (Lipinski definition) is 2. The average molecular weight is 279 g/mol. The second-order valence-electron chi connectivity index (χ2n) is 5.32. The highest BCUT2D eigenvalue weighted by molar-refractivity contribution is 5.95. The Kier molecular flexibility index (Phi) is 6.42. The second kappa shape index (κ2) is 7.82. The van der Waals surface area contributed by atoms with Crippen LogP contribution in [0.5, 0.6) is 0 Å². The van der Waals surface area contributed by atoms with E-state index in [1.54, 1.807) is 0 Å². The number of anilines is 1. The van der Waals surface area contributed by atoms with E-state index in [0.717, 1.165) is 30.6 Å². The Morgan fingerprint density at radius 2 is 1.95 bits per heavy atom. The van der Waals surface area contributed by atoms with Gasteiger partial charge < -0.3 is 10.4 Å². The molecule has 112 valence electrons. The van der Waals surface area contributed by atoms with Gasteiger partial charge in [-0.2, -0.15) is 5.10 Å². The molecule has 0 unspecified atom stereocenters. The van der Waals surface area contributed by atoms with Crippen LogP contribution in [0, 0.1) is 5.92 Å². The van der Waals surface area contributed by atoms with Crippen molar-refractivity contribution >= 4 is 11.8 Å². The molecule has 0 saturated heterocycles. The van der Waals surface area contributed by atoms with E-state index in [1.165, 1.54) is 0 Å². The SMILES string of the molecule is CCc1nnc(NCCCC(C)C)c(C(=O)O)c1CC. The van der Waals surface area contributed by atoms with Gasteiger partial charge in [-0.25, -0.2) is 4.79 Å². The third kappa shape index (κ3) is 4.18. The topological polar surface area (TPSA) is 75.1 Å². The zero-order valence-corrected chi connectivity index (χ0v) is 12.9. The molecule has 20 heavy (non-hydrogen) atoms. The van der Waals surface area contributed by atoms with E-state index in [1.807, 2.05) is 13.8 Å². The Hall–Kier alpha value is -1.65. The Balaban J connectivity index is 2.92. The van der Waals surface area contributed by atoms with Crippen LogP contribution < -0.4 is 5.32 Å². The molecule has 1 aromatic heterocycles. The molecule has 0 fully saturated rings. The summed E-state index contributed by atoms with van der Waals surface area (Å²) in [6, 6.07) is 0. The highest BCUT2D eigenvalue weighted by Gasteiger charge is 2.19. The van der Waals surface area contributed by atoms with Crippen molar-refractivity contribution in [2.75, 3.05) is 11.9 Å². The average Bonchev–Trinajstić information content (AvgIpc) is 2.41. The zero-order chi connectivity index (χ0) is 15.1. The van der Waals surface area contributed by atoms with E-state index in [9.17, 15) is 9.90 Å². The van der Waals surface area contributed by atoms with Crippen LogP contribution in [-0.4, -0.2) is 27.8 Å². The number of nitrogens with one attached hydrogen (secondary N) is 1. The van der Waals surface area contributed by atoms with Crippen molar-refractivity contribution in [2.45, 2.75) is 53.4 Å². The quantitative estimate of drug-likeness (QED) is 0.715. The lowest BCUT2D eigenvalue weighted by Crippen LogP contribution is -2.16. The number of carboxylic acid groups (broad SMARTS) is 1. The molecule has 0 radical (unpaired) electrons. The van der Waals surface area contributed by atoms with Crippen molar-refractivity contribution in [2.24, 2.45) is 5.92 Å². The second-order valence-corrected chi connectivity index (χ2v) is 5.32. The number of rotatable bonds is 8. The zero-order valence-electron chi connectivity index (χ0n) is 12.9. The Morgan fingerprint density at radius 3 is 2.45 bits per heavy atom. The van der Waals surface area contributed by atoms with Gasteiger partial charge in [0.15, 0.2) is 5.82 Å². The van der Waals surface area contributed by atoms with Gasteiger partial charge in [-0.3, -0.25) is 0 Å². The smallest absolute Gasteiger partial charge is 0.339 e. The molecular formula is C15H25N3O2. The molecule has 1 heterocycles. The van der Waals surface area contributed by atoms with Crippen LogP contribution in [0.2, 0.25) is 0 Å². The molecule has 0 spiro atoms. The van der Waals surface area contributed by atoms with Crippen molar-refractivity contribution in [3.05, 3.63) is 16.8 Å². The summed E-state index contributed by atoms with van der Waals surface area (Å²) in [5, 5.41) is 20.8. The molecule has 0 aromatic carbocycles. The van der Waals surface area contributed by atoms with E-state index < -0.39 is 5.97 Å². The summed E-state index contributed by atoms with van der Waals surface area (Å²) in [4.78, 5) is 11.5. The van der Waals surface area contributed by atoms with Crippen LogP contribution in [0.15, 0.2) is 0 Å². The van der Waals surface area contributed by atoms with E-state index >= 15 is 0 Å². The van der Waals surface area contributed by atoms with E-state index in [0.29, 0.717) is 24.6 Å². The summed E-state index contributed by atoms with van der Waals surface area (Å²) in [5.74, 6) is 0.114. The summed E-state index contributed by atoms with van der Waals surface area (Å²) >= 11 is 0. The maximum absolute atomic E-state index is 11.5. The van der Waals surface area contributed by atoms with Crippen LogP contribution >= 0.6 is 0 Å². The Bertz CT molecular complexity index is 459. The first kappa shape index (κ1) is 16.4. The van der Waals surface area contributed by atoms with Gasteiger partial charge in [0.1, 0.15) is 5.56 Å². The molecule has 0 bridgehead atoms. The van der Waals surface area contributed by atoms with Gasteiger partial charge in [-0.1, -0.05) is 27.7 Å². The highest BCUT2D eigenvalue weighted by Crippen LogP contribution is 2.21. The third-order valence-electron chi connectivity index (χ3n) is 3.31. The molecule has 0 aliphatic heterocycles. The maximum Gasteiger partial charge on any atom is 0.339 e. The molecule has 0 saturated carbocycles. The van der Waals surface area contributed by atoms with Crippen molar-refractivity contribution in [1.29, 1.82) is 0 Å². The number of carboxylic acids is 1. The van der Waals surface area contributed by atoms with Crippen LogP contribution in [0.4, 0.5) is 5.82 Å². The molecular weight excluding hydrogens is 254 g/mol. The molecule has 1 rings (SSSR count). The van der Waals surface area contributed by atoms with Crippen molar-refractivity contribution in [3.8, 4) is 0 Å². The molecule has 0 aliphatic rings. The number of hydrogen-bond acceptors (Lipinski definition) is 4. The molecule has 5 nitrogen and oxygen atoms in total. The van der Waals surface area contributed by atoms with Gasteiger partial charge in [-0.05, 0) is 37.2 Å². The lowest BCUT2D eigenvalue weighted by molar-refractivity contribution is 0.0696. The summed E-state index contributed by atoms with van der Waals surface area (Å²) in [6.45, 7) is 8.99. The van der Waals surface area contributed by atoms with E-state index in [4.69, 9.17) is 0 Å². The van der Waals surface area contributed by atoms with Gasteiger partial charge in [0, 0.05) is 6.54 Å². The molecule has 1 aromatic rings. The lowest BCUT2D eigenvalue weighted by Gasteiger charge is -2.14. The number of aromatic carboxylic acids is 1. The fraction of sp³-hybridized carbons (Fsp3) is 0.667. The van der Waals surface area contributed by atoms with Gasteiger partial charge in [0.05, 0.1) is 5.69 Å². The Labute approximate surface area is 120 Å². The van der Waals surface area contributed by atoms with E-state index in [2.05, 4.69) is 29.4 Å². The number of aryl methyl sites for hydroxylation is 1. The molecule has 0 aliphatic carbocycles. The summed E-state index contributed by atoms with van der Waals surface area (Å²) in [6.07, 6.45) is 3.46. The Morgan fingerprint density at radius 1 is 1.25 bits per heavy atom. The minimum atomic E-state index is -0.933. The van der Waals surface area contributed by atoms with Crippen LogP contribution in [0.1, 0.15) is 62.2 Å². The highest BCUT2D eigenvalue weighted by atomic mass is 16.4. The minimum absolute atomic E-state index is 0.281. The summed E-state index contributed by atoms with van der Waals surface area (Å²) < 4.78 is 0.